The zero-order valence-corrected chi connectivity index (χ0v) is 19.4. The van der Waals surface area contributed by atoms with Crippen LogP contribution in [-0.2, 0) is 33.7 Å². The van der Waals surface area contributed by atoms with Crippen molar-refractivity contribution in [3.8, 4) is 0 Å². The minimum absolute atomic E-state index is 0.822. The first-order valence-corrected chi connectivity index (χ1v) is 15.1. The van der Waals surface area contributed by atoms with Gasteiger partial charge < -0.3 is 0 Å². The molecule has 0 amide bonds. The minimum atomic E-state index is -0.826. The van der Waals surface area contributed by atoms with Crippen molar-refractivity contribution in [3.63, 3.8) is 0 Å². The maximum atomic E-state index is 5.36. The van der Waals surface area contributed by atoms with Gasteiger partial charge in [0, 0.05) is 0 Å². The van der Waals surface area contributed by atoms with Crippen LogP contribution in [0.1, 0.15) is 22.3 Å². The molecular weight excluding hydrogens is 461 g/mol. The third kappa shape index (κ3) is 8.36. The summed E-state index contributed by atoms with van der Waals surface area (Å²) >= 11 is -0.826. The van der Waals surface area contributed by atoms with E-state index in [1.165, 1.54) is 22.3 Å². The van der Waals surface area contributed by atoms with Crippen LogP contribution in [0.15, 0.2) is 78.9 Å². The monoisotopic (exact) mass is 478 g/mol. The van der Waals surface area contributed by atoms with Crippen LogP contribution in [0.5, 0.6) is 0 Å². The van der Waals surface area contributed by atoms with Crippen molar-refractivity contribution in [1.29, 1.82) is 0 Å². The molecule has 2 aliphatic rings. The van der Waals surface area contributed by atoms with Crippen molar-refractivity contribution in [2.45, 2.75) is 12.8 Å². The van der Waals surface area contributed by atoms with Crippen molar-refractivity contribution in [2.24, 2.45) is 0 Å². The molecule has 0 spiro atoms. The van der Waals surface area contributed by atoms with E-state index in [-0.39, 0.29) is 0 Å². The molecule has 5 rings (SSSR count). The average Bonchev–Trinajstić information content (AvgIpc) is 3.39. The second-order valence-corrected chi connectivity index (χ2v) is 9.66. The van der Waals surface area contributed by atoms with E-state index in [0.717, 1.165) is 18.3 Å². The third-order valence-electron chi connectivity index (χ3n) is 4.01. The Morgan fingerprint density at radius 2 is 1.04 bits per heavy atom. The Balaban J connectivity index is 0.000000142. The Labute approximate surface area is 188 Å². The molecule has 0 heterocycles. The Morgan fingerprint density at radius 1 is 0.643 bits per heavy atom. The van der Waals surface area contributed by atoms with Gasteiger partial charge in [0.25, 0.3) is 0 Å². The summed E-state index contributed by atoms with van der Waals surface area (Å²) in [6.45, 7) is 0. The first-order chi connectivity index (χ1) is 13.7. The SMILES string of the molecule is [B]c1ccccc1.[C-]1=Cc2ccccc2C1.[C-]1=Cc2ccccc2C1.[Cl][Zr+2][Cl]. The van der Waals surface area contributed by atoms with Gasteiger partial charge in [-0.3, -0.25) is 12.2 Å². The molecule has 0 aromatic heterocycles. The summed E-state index contributed by atoms with van der Waals surface area (Å²) in [4.78, 5) is 0. The molecule has 0 atom stereocenters. The number of rotatable bonds is 0. The molecule has 0 saturated carbocycles. The van der Waals surface area contributed by atoms with Crippen molar-refractivity contribution in [1.82, 2.24) is 0 Å². The first kappa shape index (κ1) is 23.0. The van der Waals surface area contributed by atoms with Gasteiger partial charge in [0.1, 0.15) is 7.85 Å². The van der Waals surface area contributed by atoms with Crippen LogP contribution in [0.25, 0.3) is 12.2 Å². The van der Waals surface area contributed by atoms with Gasteiger partial charge in [-0.25, -0.2) is 12.2 Å². The van der Waals surface area contributed by atoms with E-state index in [1.807, 2.05) is 30.3 Å². The fourth-order valence-corrected chi connectivity index (χ4v) is 2.67. The van der Waals surface area contributed by atoms with Crippen molar-refractivity contribution >= 4 is 42.5 Å². The van der Waals surface area contributed by atoms with Gasteiger partial charge in [0.15, 0.2) is 0 Å². The molecule has 0 bridgehead atoms. The van der Waals surface area contributed by atoms with E-state index in [4.69, 9.17) is 24.9 Å². The topological polar surface area (TPSA) is 0 Å². The van der Waals surface area contributed by atoms with Crippen LogP contribution < -0.4 is 5.46 Å². The fraction of sp³-hybridized carbons (Fsp3) is 0.0833. The normalized spacial score (nSPS) is 11.4. The van der Waals surface area contributed by atoms with Crippen molar-refractivity contribution < 1.29 is 20.8 Å². The molecule has 2 radical (unpaired) electrons. The van der Waals surface area contributed by atoms with Gasteiger partial charge >= 0.3 is 37.9 Å². The van der Waals surface area contributed by atoms with Crippen LogP contribution in [-0.4, -0.2) is 7.85 Å². The van der Waals surface area contributed by atoms with Crippen LogP contribution in [0.2, 0.25) is 0 Å². The predicted molar refractivity (Wildman–Crippen MR) is 119 cm³/mol. The summed E-state index contributed by atoms with van der Waals surface area (Å²) in [5.41, 5.74) is 6.28. The molecule has 0 saturated heterocycles. The maximum absolute atomic E-state index is 5.36. The Morgan fingerprint density at radius 3 is 1.39 bits per heavy atom. The molecule has 4 heteroatoms. The Kier molecular flexibility index (Phi) is 11.3. The Bertz CT molecular complexity index is 836. The molecule has 0 fully saturated rings. The molecular formula is C24H19BCl2Zr. The van der Waals surface area contributed by atoms with Gasteiger partial charge in [-0.05, 0) is 0 Å². The standard InChI is InChI=1S/2C9H7.C6H5B.2ClH.Zr/c2*1-2-5-9-7-3-6-8(9)4-1;7-6-4-2-1-3-5-6;;;/h2*1-2,4-6H,7H2;1-5H;2*1H;/q2*-1;;;;+4/p-2. The van der Waals surface area contributed by atoms with Gasteiger partial charge in [-0.15, -0.1) is 36.1 Å². The molecule has 0 aliphatic heterocycles. The van der Waals surface area contributed by atoms with Crippen LogP contribution in [0.4, 0.5) is 0 Å². The van der Waals surface area contributed by atoms with E-state index < -0.39 is 20.8 Å². The number of hydrogen-bond acceptors (Lipinski definition) is 0. The van der Waals surface area contributed by atoms with Gasteiger partial charge in [0.05, 0.1) is 0 Å². The molecule has 3 aromatic carbocycles. The van der Waals surface area contributed by atoms with Gasteiger partial charge in [-0.1, -0.05) is 72.2 Å². The van der Waals surface area contributed by atoms with Crippen LogP contribution in [0, 0.1) is 12.2 Å². The third-order valence-corrected chi connectivity index (χ3v) is 4.01. The van der Waals surface area contributed by atoms with Crippen LogP contribution in [0.3, 0.4) is 0 Å². The fourth-order valence-electron chi connectivity index (χ4n) is 2.67. The van der Waals surface area contributed by atoms with Gasteiger partial charge in [0.2, 0.25) is 0 Å². The number of halogens is 2. The van der Waals surface area contributed by atoms with E-state index >= 15 is 0 Å². The van der Waals surface area contributed by atoms with Crippen molar-refractivity contribution in [3.05, 3.63) is 113 Å². The molecule has 136 valence electrons. The summed E-state index contributed by atoms with van der Waals surface area (Å²) < 4.78 is 0. The van der Waals surface area contributed by atoms with E-state index in [2.05, 4.69) is 72.8 Å². The summed E-state index contributed by atoms with van der Waals surface area (Å²) in [7, 11) is 15.2. The number of fused-ring (bicyclic) bond motifs is 2. The number of allylic oxidation sites excluding steroid dienone is 2. The zero-order chi connectivity index (χ0) is 20.0. The zero-order valence-electron chi connectivity index (χ0n) is 15.4. The number of benzene rings is 3. The second-order valence-electron chi connectivity index (χ2n) is 5.93. The summed E-state index contributed by atoms with van der Waals surface area (Å²) in [6, 6.07) is 26.3. The molecule has 0 nitrogen and oxygen atoms in total. The molecule has 2 aliphatic carbocycles. The van der Waals surface area contributed by atoms with E-state index in [1.54, 1.807) is 0 Å². The quantitative estimate of drug-likeness (QED) is 0.275. The summed E-state index contributed by atoms with van der Waals surface area (Å²) in [6.07, 6.45) is 12.4. The molecule has 28 heavy (non-hydrogen) atoms. The van der Waals surface area contributed by atoms with E-state index in [9.17, 15) is 0 Å². The van der Waals surface area contributed by atoms with E-state index in [0.29, 0.717) is 0 Å². The second kappa shape index (κ2) is 13.8. The van der Waals surface area contributed by atoms with Gasteiger partial charge in [-0.2, -0.15) is 11.1 Å². The molecule has 0 N–H and O–H groups in total. The summed E-state index contributed by atoms with van der Waals surface area (Å²) in [5.74, 6) is 0. The molecule has 0 unspecified atom stereocenters. The average molecular weight is 480 g/mol. The first-order valence-electron chi connectivity index (χ1n) is 8.80. The predicted octanol–water partition coefficient (Wildman–Crippen LogP) is 5.98. The van der Waals surface area contributed by atoms with Crippen molar-refractivity contribution in [2.75, 3.05) is 0 Å². The molecule has 3 aromatic rings. The van der Waals surface area contributed by atoms with Crippen LogP contribution >= 0.6 is 17.0 Å². The number of hydrogen-bond donors (Lipinski definition) is 0. The Hall–Kier alpha value is -1.33. The summed E-state index contributed by atoms with van der Waals surface area (Å²) in [5, 5.41) is 0.